The molecule has 3 aromatic heterocycles. The molecule has 1 saturated carbocycles. The molecule has 1 aliphatic rings. The maximum Gasteiger partial charge on any atom is 0.261 e. The zero-order valence-electron chi connectivity index (χ0n) is 11.6. The van der Waals surface area contributed by atoms with Crippen molar-refractivity contribution in [1.82, 2.24) is 24.4 Å². The predicted octanol–water partition coefficient (Wildman–Crippen LogP) is 2.04. The smallest absolute Gasteiger partial charge is 0.261 e. The van der Waals surface area contributed by atoms with Gasteiger partial charge in [-0.05, 0) is 25.3 Å². The first-order valence-electron chi connectivity index (χ1n) is 7.07. The Kier molecular flexibility index (Phi) is 2.88. The van der Waals surface area contributed by atoms with Gasteiger partial charge in [-0.1, -0.05) is 0 Å². The Hall–Kier alpha value is -2.77. The molecule has 3 heterocycles. The van der Waals surface area contributed by atoms with Gasteiger partial charge in [0.25, 0.3) is 11.9 Å². The largest absolute Gasteiger partial charge is 0.317 e. The third kappa shape index (κ3) is 2.03. The summed E-state index contributed by atoms with van der Waals surface area (Å²) in [6.07, 6.45) is 9.32. The van der Waals surface area contributed by atoms with E-state index >= 15 is 0 Å². The van der Waals surface area contributed by atoms with Gasteiger partial charge in [0, 0.05) is 12.4 Å². The third-order valence-electron chi connectivity index (χ3n) is 3.91. The molecule has 22 heavy (non-hydrogen) atoms. The fourth-order valence-electron chi connectivity index (χ4n) is 2.47. The summed E-state index contributed by atoms with van der Waals surface area (Å²) >= 11 is 0. The van der Waals surface area contributed by atoms with Crippen molar-refractivity contribution in [1.29, 1.82) is 0 Å². The second-order valence-electron chi connectivity index (χ2n) is 5.30. The number of carbonyl (C=O) groups excluding carboxylic acids is 1. The highest BCUT2D eigenvalue weighted by Crippen LogP contribution is 2.32. The molecule has 0 radical (unpaired) electrons. The summed E-state index contributed by atoms with van der Waals surface area (Å²) in [7, 11) is 0. The number of hydrogen-bond acceptors (Lipinski definition) is 4. The van der Waals surface area contributed by atoms with Crippen LogP contribution in [0.4, 0.5) is 10.1 Å². The van der Waals surface area contributed by atoms with Crippen molar-refractivity contribution in [3.8, 4) is 0 Å². The van der Waals surface area contributed by atoms with Crippen molar-refractivity contribution in [3.05, 3.63) is 42.4 Å². The van der Waals surface area contributed by atoms with E-state index in [4.69, 9.17) is 0 Å². The Labute approximate surface area is 124 Å². The van der Waals surface area contributed by atoms with Gasteiger partial charge >= 0.3 is 0 Å². The van der Waals surface area contributed by atoms with Crippen LogP contribution in [0.3, 0.4) is 0 Å². The van der Waals surface area contributed by atoms with E-state index < -0.39 is 11.9 Å². The standard InChI is InChI=1S/C14H13FN6O/c15-12-11(8-21(19-12)9-3-1-4-9)18-14(22)10-7-17-20-6-2-5-16-13(10)20/h2,5-9H,1,3-4H2,(H,18,22). The maximum absolute atomic E-state index is 13.9. The van der Waals surface area contributed by atoms with Crippen LogP contribution in [0, 0.1) is 5.95 Å². The second-order valence-corrected chi connectivity index (χ2v) is 5.30. The molecular formula is C14H13FN6O. The number of anilines is 1. The lowest BCUT2D eigenvalue weighted by molar-refractivity contribution is 0.102. The minimum absolute atomic E-state index is 0.0761. The van der Waals surface area contributed by atoms with E-state index in [9.17, 15) is 9.18 Å². The monoisotopic (exact) mass is 300 g/mol. The van der Waals surface area contributed by atoms with Crippen molar-refractivity contribution in [2.45, 2.75) is 25.3 Å². The summed E-state index contributed by atoms with van der Waals surface area (Å²) in [6.45, 7) is 0. The molecular weight excluding hydrogens is 287 g/mol. The summed E-state index contributed by atoms with van der Waals surface area (Å²) in [5, 5.41) is 10.4. The van der Waals surface area contributed by atoms with E-state index in [0.717, 1.165) is 19.3 Å². The minimum atomic E-state index is -0.676. The van der Waals surface area contributed by atoms with Crippen LogP contribution in [0.1, 0.15) is 35.7 Å². The molecule has 3 aromatic rings. The minimum Gasteiger partial charge on any atom is -0.317 e. The predicted molar refractivity (Wildman–Crippen MR) is 76.0 cm³/mol. The molecule has 1 fully saturated rings. The Morgan fingerprint density at radius 1 is 1.41 bits per heavy atom. The quantitative estimate of drug-likeness (QED) is 0.803. The van der Waals surface area contributed by atoms with Gasteiger partial charge in [0.05, 0.1) is 18.4 Å². The fourth-order valence-corrected chi connectivity index (χ4v) is 2.47. The molecule has 0 spiro atoms. The van der Waals surface area contributed by atoms with E-state index in [1.54, 1.807) is 23.1 Å². The summed E-state index contributed by atoms with van der Waals surface area (Å²) < 4.78 is 16.9. The molecule has 1 aliphatic carbocycles. The molecule has 0 bridgehead atoms. The molecule has 112 valence electrons. The zero-order valence-corrected chi connectivity index (χ0v) is 11.6. The van der Waals surface area contributed by atoms with Crippen LogP contribution in [0.5, 0.6) is 0 Å². The highest BCUT2D eigenvalue weighted by molar-refractivity contribution is 6.08. The highest BCUT2D eigenvalue weighted by Gasteiger charge is 2.23. The summed E-state index contributed by atoms with van der Waals surface area (Å²) in [5.41, 5.74) is 0.787. The van der Waals surface area contributed by atoms with Gasteiger partial charge in [-0.2, -0.15) is 9.49 Å². The first kappa shape index (κ1) is 12.9. The molecule has 0 aliphatic heterocycles. The van der Waals surface area contributed by atoms with Gasteiger partial charge in [0.15, 0.2) is 5.65 Å². The van der Waals surface area contributed by atoms with Gasteiger partial charge in [0.1, 0.15) is 11.3 Å². The Bertz CT molecular complexity index is 850. The molecule has 7 nitrogen and oxygen atoms in total. The molecule has 0 aromatic carbocycles. The van der Waals surface area contributed by atoms with Crippen LogP contribution < -0.4 is 5.32 Å². The van der Waals surface area contributed by atoms with E-state index in [0.29, 0.717) is 5.65 Å². The van der Waals surface area contributed by atoms with E-state index in [1.165, 1.54) is 16.9 Å². The van der Waals surface area contributed by atoms with Crippen LogP contribution in [-0.4, -0.2) is 30.3 Å². The van der Waals surface area contributed by atoms with Crippen LogP contribution >= 0.6 is 0 Å². The fraction of sp³-hybridized carbons (Fsp3) is 0.286. The molecule has 4 rings (SSSR count). The first-order chi connectivity index (χ1) is 10.7. The Morgan fingerprint density at radius 2 is 2.27 bits per heavy atom. The lowest BCUT2D eigenvalue weighted by atomic mass is 9.93. The number of nitrogens with zero attached hydrogens (tertiary/aromatic N) is 5. The number of carbonyl (C=O) groups is 1. The molecule has 0 saturated heterocycles. The molecule has 0 atom stereocenters. The van der Waals surface area contributed by atoms with Crippen molar-refractivity contribution in [2.24, 2.45) is 0 Å². The maximum atomic E-state index is 13.9. The van der Waals surface area contributed by atoms with E-state index in [2.05, 4.69) is 20.5 Å². The third-order valence-corrected chi connectivity index (χ3v) is 3.91. The SMILES string of the molecule is O=C(Nc1cn(C2CCC2)nc1F)c1cnn2cccnc12. The number of rotatable bonds is 3. The van der Waals surface area contributed by atoms with Gasteiger partial charge < -0.3 is 5.32 Å². The first-order valence-corrected chi connectivity index (χ1v) is 7.07. The highest BCUT2D eigenvalue weighted by atomic mass is 19.1. The number of fused-ring (bicyclic) bond motifs is 1. The number of aromatic nitrogens is 5. The van der Waals surface area contributed by atoms with Gasteiger partial charge in [-0.25, -0.2) is 9.50 Å². The summed E-state index contributed by atoms with van der Waals surface area (Å²) in [5.74, 6) is -1.13. The van der Waals surface area contributed by atoms with E-state index in [-0.39, 0.29) is 17.3 Å². The van der Waals surface area contributed by atoms with Crippen LogP contribution in [-0.2, 0) is 0 Å². The summed E-state index contributed by atoms with van der Waals surface area (Å²) in [4.78, 5) is 16.4. The lowest BCUT2D eigenvalue weighted by Crippen LogP contribution is -2.17. The average molecular weight is 300 g/mol. The van der Waals surface area contributed by atoms with Crippen LogP contribution in [0.15, 0.2) is 30.9 Å². The van der Waals surface area contributed by atoms with E-state index in [1.807, 2.05) is 0 Å². The van der Waals surface area contributed by atoms with Gasteiger partial charge in [0.2, 0.25) is 0 Å². The van der Waals surface area contributed by atoms with Crippen molar-refractivity contribution < 1.29 is 9.18 Å². The molecule has 0 unspecified atom stereocenters. The average Bonchev–Trinajstić information content (AvgIpc) is 3.01. The summed E-state index contributed by atoms with van der Waals surface area (Å²) in [6, 6.07) is 1.95. The molecule has 1 N–H and O–H groups in total. The van der Waals surface area contributed by atoms with Crippen molar-refractivity contribution >= 4 is 17.2 Å². The number of nitrogens with one attached hydrogen (secondary N) is 1. The number of halogens is 1. The lowest BCUT2D eigenvalue weighted by Gasteiger charge is -2.25. The van der Waals surface area contributed by atoms with Crippen LogP contribution in [0.2, 0.25) is 0 Å². The number of hydrogen-bond donors (Lipinski definition) is 1. The zero-order chi connectivity index (χ0) is 15.1. The van der Waals surface area contributed by atoms with Crippen LogP contribution in [0.25, 0.3) is 5.65 Å². The normalized spacial score (nSPS) is 15.0. The Morgan fingerprint density at radius 3 is 3.05 bits per heavy atom. The van der Waals surface area contributed by atoms with Crippen molar-refractivity contribution in [2.75, 3.05) is 5.32 Å². The second kappa shape index (κ2) is 4.90. The van der Waals surface area contributed by atoms with Gasteiger partial charge in [-0.3, -0.25) is 9.48 Å². The van der Waals surface area contributed by atoms with Crippen molar-refractivity contribution in [3.63, 3.8) is 0 Å². The number of amides is 1. The molecule has 8 heteroatoms. The Balaban J connectivity index is 1.60. The molecule has 1 amide bonds. The van der Waals surface area contributed by atoms with Gasteiger partial charge in [-0.15, -0.1) is 5.10 Å². The topological polar surface area (TPSA) is 77.1 Å².